The molecule has 1 aromatic rings. The van der Waals surface area contributed by atoms with Crippen molar-refractivity contribution in [1.82, 2.24) is 14.9 Å². The molecule has 1 amide bonds. The van der Waals surface area contributed by atoms with Crippen molar-refractivity contribution in [2.45, 2.75) is 6.92 Å². The highest BCUT2D eigenvalue weighted by Crippen LogP contribution is 2.16. The van der Waals surface area contributed by atoms with E-state index < -0.39 is 0 Å². The standard InChI is InChI=1S/C14H16N6O/c1-10-18-12(13(21)20(10)4)7-11-8-16-14(17-9-11)19(3)6-5-15-2/h7-9H,5-6H2,1,3-4H3/b12-7-. The van der Waals surface area contributed by atoms with Crippen LogP contribution in [0.25, 0.3) is 10.9 Å². The van der Waals surface area contributed by atoms with Crippen molar-refractivity contribution in [2.24, 2.45) is 4.99 Å². The van der Waals surface area contributed by atoms with E-state index in [4.69, 9.17) is 6.57 Å². The summed E-state index contributed by atoms with van der Waals surface area (Å²) in [5.41, 5.74) is 1.10. The van der Waals surface area contributed by atoms with Crippen molar-refractivity contribution in [3.8, 4) is 0 Å². The molecule has 7 nitrogen and oxygen atoms in total. The highest BCUT2D eigenvalue weighted by molar-refractivity contribution is 6.13. The number of nitrogens with zero attached hydrogens (tertiary/aromatic N) is 6. The maximum Gasteiger partial charge on any atom is 0.277 e. The van der Waals surface area contributed by atoms with E-state index in [1.54, 1.807) is 32.4 Å². The zero-order valence-corrected chi connectivity index (χ0v) is 12.2. The second-order valence-corrected chi connectivity index (χ2v) is 4.67. The molecule has 0 fully saturated rings. The summed E-state index contributed by atoms with van der Waals surface area (Å²) in [6.07, 6.45) is 4.94. The van der Waals surface area contributed by atoms with Crippen LogP contribution < -0.4 is 4.90 Å². The lowest BCUT2D eigenvalue weighted by Gasteiger charge is -2.13. The number of anilines is 1. The van der Waals surface area contributed by atoms with E-state index in [9.17, 15) is 4.79 Å². The first-order chi connectivity index (χ1) is 10.0. The Morgan fingerprint density at radius 1 is 1.43 bits per heavy atom. The number of carbonyl (C=O) groups excluding carboxylic acids is 1. The molecule has 0 spiro atoms. The molecule has 7 heteroatoms. The quantitative estimate of drug-likeness (QED) is 0.612. The Hall–Kier alpha value is -2.75. The fraction of sp³-hybridized carbons (Fsp3) is 0.357. The van der Waals surface area contributed by atoms with Gasteiger partial charge in [0.15, 0.2) is 0 Å². The summed E-state index contributed by atoms with van der Waals surface area (Å²) in [7, 11) is 3.52. The average Bonchev–Trinajstić information content (AvgIpc) is 2.73. The topological polar surface area (TPSA) is 66.1 Å². The number of hydrogen-bond acceptors (Lipinski definition) is 5. The minimum Gasteiger partial charge on any atom is -0.336 e. The monoisotopic (exact) mass is 284 g/mol. The van der Waals surface area contributed by atoms with Gasteiger partial charge in [-0.15, -0.1) is 0 Å². The van der Waals surface area contributed by atoms with E-state index in [2.05, 4.69) is 19.8 Å². The summed E-state index contributed by atoms with van der Waals surface area (Å²) in [6.45, 7) is 9.54. The molecular weight excluding hydrogens is 268 g/mol. The number of amides is 1. The predicted octanol–water partition coefficient (Wildman–Crippen LogP) is 1.06. The maximum absolute atomic E-state index is 11.9. The van der Waals surface area contributed by atoms with E-state index in [0.29, 0.717) is 36.1 Å². The number of hydrogen-bond donors (Lipinski definition) is 0. The Morgan fingerprint density at radius 3 is 2.62 bits per heavy atom. The molecule has 2 heterocycles. The van der Waals surface area contributed by atoms with Gasteiger partial charge in [0.05, 0.1) is 6.54 Å². The van der Waals surface area contributed by atoms with Gasteiger partial charge in [0, 0.05) is 32.1 Å². The zero-order valence-electron chi connectivity index (χ0n) is 12.2. The lowest BCUT2D eigenvalue weighted by molar-refractivity contribution is -0.121. The molecule has 0 aromatic carbocycles. The van der Waals surface area contributed by atoms with Crippen molar-refractivity contribution in [3.63, 3.8) is 0 Å². The molecule has 1 aromatic heterocycles. The number of amidine groups is 1. The molecular formula is C14H16N6O. The third-order valence-corrected chi connectivity index (χ3v) is 3.14. The second kappa shape index (κ2) is 6.13. The first-order valence-electron chi connectivity index (χ1n) is 6.44. The van der Waals surface area contributed by atoms with Crippen LogP contribution in [0, 0.1) is 6.57 Å². The van der Waals surface area contributed by atoms with E-state index in [-0.39, 0.29) is 5.91 Å². The van der Waals surface area contributed by atoms with Gasteiger partial charge >= 0.3 is 0 Å². The van der Waals surface area contributed by atoms with Crippen molar-refractivity contribution >= 4 is 23.8 Å². The van der Waals surface area contributed by atoms with Crippen molar-refractivity contribution in [3.05, 3.63) is 35.1 Å². The number of aliphatic imine (C=N–C) groups is 1. The normalized spacial score (nSPS) is 16.1. The Bertz CT molecular complexity index is 640. The fourth-order valence-electron chi connectivity index (χ4n) is 1.77. The van der Waals surface area contributed by atoms with Gasteiger partial charge in [-0.3, -0.25) is 9.69 Å². The molecule has 0 bridgehead atoms. The molecule has 0 saturated carbocycles. The first-order valence-corrected chi connectivity index (χ1v) is 6.44. The molecule has 21 heavy (non-hydrogen) atoms. The van der Waals surface area contributed by atoms with Gasteiger partial charge in [-0.25, -0.2) is 21.5 Å². The van der Waals surface area contributed by atoms with Gasteiger partial charge in [-0.05, 0) is 13.0 Å². The van der Waals surface area contributed by atoms with Crippen molar-refractivity contribution in [1.29, 1.82) is 0 Å². The lowest BCUT2D eigenvalue weighted by Crippen LogP contribution is -2.25. The predicted molar refractivity (Wildman–Crippen MR) is 80.6 cm³/mol. The molecule has 0 N–H and O–H groups in total. The van der Waals surface area contributed by atoms with Gasteiger partial charge in [-0.1, -0.05) is 0 Å². The van der Waals surface area contributed by atoms with Crippen LogP contribution in [0.3, 0.4) is 0 Å². The number of carbonyl (C=O) groups is 1. The third kappa shape index (κ3) is 3.23. The molecule has 1 aliphatic rings. The Labute approximate surface area is 123 Å². The lowest BCUT2D eigenvalue weighted by atomic mass is 10.2. The highest BCUT2D eigenvalue weighted by atomic mass is 16.2. The van der Waals surface area contributed by atoms with E-state index >= 15 is 0 Å². The minimum atomic E-state index is -0.134. The molecule has 0 unspecified atom stereocenters. The molecule has 2 rings (SSSR count). The van der Waals surface area contributed by atoms with Crippen LogP contribution >= 0.6 is 0 Å². The van der Waals surface area contributed by atoms with E-state index in [0.717, 1.165) is 0 Å². The Kier molecular flexibility index (Phi) is 4.28. The zero-order chi connectivity index (χ0) is 15.4. The minimum absolute atomic E-state index is 0.134. The Balaban J connectivity index is 2.14. The van der Waals surface area contributed by atoms with Crippen molar-refractivity contribution in [2.75, 3.05) is 32.1 Å². The first kappa shape index (κ1) is 14.7. The molecule has 0 aliphatic carbocycles. The van der Waals surface area contributed by atoms with Gasteiger partial charge in [0.2, 0.25) is 12.5 Å². The third-order valence-electron chi connectivity index (χ3n) is 3.14. The van der Waals surface area contributed by atoms with Crippen LogP contribution in [-0.2, 0) is 4.79 Å². The second-order valence-electron chi connectivity index (χ2n) is 4.67. The van der Waals surface area contributed by atoms with E-state index in [1.165, 1.54) is 4.90 Å². The highest BCUT2D eigenvalue weighted by Gasteiger charge is 2.23. The van der Waals surface area contributed by atoms with Gasteiger partial charge in [0.1, 0.15) is 11.5 Å². The summed E-state index contributed by atoms with van der Waals surface area (Å²) < 4.78 is 0. The molecule has 0 atom stereocenters. The van der Waals surface area contributed by atoms with Gasteiger partial charge in [-0.2, -0.15) is 0 Å². The van der Waals surface area contributed by atoms with Crippen LogP contribution in [0.1, 0.15) is 12.5 Å². The number of aromatic nitrogens is 2. The molecule has 1 aliphatic heterocycles. The summed E-state index contributed by atoms with van der Waals surface area (Å²) >= 11 is 0. The van der Waals surface area contributed by atoms with Crippen LogP contribution in [0.5, 0.6) is 0 Å². The van der Waals surface area contributed by atoms with Crippen LogP contribution in [-0.4, -0.2) is 53.8 Å². The summed E-state index contributed by atoms with van der Waals surface area (Å²) in [5, 5.41) is 0. The van der Waals surface area contributed by atoms with Crippen LogP contribution in [0.15, 0.2) is 23.1 Å². The molecule has 0 radical (unpaired) electrons. The largest absolute Gasteiger partial charge is 0.336 e. The fourth-order valence-corrected chi connectivity index (χ4v) is 1.77. The summed E-state index contributed by atoms with van der Waals surface area (Å²) in [6, 6.07) is 0. The maximum atomic E-state index is 11.9. The van der Waals surface area contributed by atoms with Gasteiger partial charge in [0.25, 0.3) is 5.91 Å². The van der Waals surface area contributed by atoms with Gasteiger partial charge < -0.3 is 9.74 Å². The van der Waals surface area contributed by atoms with Crippen LogP contribution in [0.2, 0.25) is 0 Å². The molecule has 108 valence electrons. The van der Waals surface area contributed by atoms with E-state index in [1.807, 2.05) is 11.9 Å². The summed E-state index contributed by atoms with van der Waals surface area (Å²) in [4.78, 5) is 31.1. The van der Waals surface area contributed by atoms with Crippen molar-refractivity contribution < 1.29 is 4.79 Å². The average molecular weight is 284 g/mol. The number of rotatable bonds is 4. The smallest absolute Gasteiger partial charge is 0.277 e. The van der Waals surface area contributed by atoms with Crippen LogP contribution in [0.4, 0.5) is 5.95 Å². The summed E-state index contributed by atoms with van der Waals surface area (Å²) in [5.74, 6) is 1.09. The number of likely N-dealkylation sites (N-methyl/N-ethyl adjacent to an activating group) is 2. The SMILES string of the molecule is [C-]#[N+]CCN(C)c1ncc(/C=C2\N=C(C)N(C)C2=O)cn1. The molecule has 0 saturated heterocycles. The Morgan fingerprint density at radius 2 is 2.10 bits per heavy atom.